The van der Waals surface area contributed by atoms with Gasteiger partial charge in [-0.25, -0.2) is 19.1 Å². The molecule has 11 heteroatoms. The van der Waals surface area contributed by atoms with Crippen molar-refractivity contribution in [1.82, 2.24) is 14.5 Å². The maximum atomic E-state index is 13.4. The fourth-order valence-electron chi connectivity index (χ4n) is 4.13. The van der Waals surface area contributed by atoms with E-state index in [1.807, 2.05) is 36.4 Å². The van der Waals surface area contributed by atoms with E-state index in [0.29, 0.717) is 12.2 Å². The van der Waals surface area contributed by atoms with E-state index in [1.165, 1.54) is 12.5 Å². The molecule has 0 spiro atoms. The molecule has 4 aromatic rings. The maximum absolute atomic E-state index is 13.4. The molecule has 0 aliphatic carbocycles. The van der Waals surface area contributed by atoms with Crippen LogP contribution in [0.15, 0.2) is 58.7 Å². The van der Waals surface area contributed by atoms with Crippen molar-refractivity contribution in [2.24, 2.45) is 0 Å². The van der Waals surface area contributed by atoms with Crippen molar-refractivity contribution >= 4 is 28.3 Å². The van der Waals surface area contributed by atoms with E-state index < -0.39 is 23.6 Å². The molecular formula is C25H22N4O6S. The first-order valence-electron chi connectivity index (χ1n) is 11.1. The molecule has 0 saturated carbocycles. The van der Waals surface area contributed by atoms with Gasteiger partial charge in [0.1, 0.15) is 17.5 Å². The second kappa shape index (κ2) is 9.70. The number of methoxy groups -OCH3 is 1. The lowest BCUT2D eigenvalue weighted by molar-refractivity contribution is -0.119. The Kier molecular flexibility index (Phi) is 6.30. The summed E-state index contributed by atoms with van der Waals surface area (Å²) >= 11 is 1.05. The van der Waals surface area contributed by atoms with Crippen molar-refractivity contribution in [3.05, 3.63) is 81.2 Å². The van der Waals surface area contributed by atoms with Crippen LogP contribution < -0.4 is 15.7 Å². The lowest BCUT2D eigenvalue weighted by Crippen LogP contribution is -2.33. The zero-order chi connectivity index (χ0) is 25.2. The van der Waals surface area contributed by atoms with Gasteiger partial charge in [0.2, 0.25) is 11.8 Å². The first kappa shape index (κ1) is 23.4. The van der Waals surface area contributed by atoms with Crippen molar-refractivity contribution in [3.63, 3.8) is 0 Å². The molecule has 0 unspecified atom stereocenters. The van der Waals surface area contributed by atoms with Crippen LogP contribution in [0.1, 0.15) is 27.7 Å². The Bertz CT molecular complexity index is 1490. The van der Waals surface area contributed by atoms with Crippen LogP contribution in [0.5, 0.6) is 11.6 Å². The maximum Gasteiger partial charge on any atom is 0.357 e. The summed E-state index contributed by atoms with van der Waals surface area (Å²) in [7, 11) is 1.24. The van der Waals surface area contributed by atoms with Crippen LogP contribution >= 0.6 is 11.3 Å². The first-order valence-corrected chi connectivity index (χ1v) is 12.0. The molecule has 184 valence electrons. The number of benzene rings is 2. The molecule has 5 rings (SSSR count). The molecule has 2 aromatic heterocycles. The molecule has 0 bridgehead atoms. The topological polar surface area (TPSA) is 136 Å². The average molecular weight is 507 g/mol. The van der Waals surface area contributed by atoms with Gasteiger partial charge in [0.15, 0.2) is 10.8 Å². The third kappa shape index (κ3) is 4.48. The number of nitrogens with one attached hydrogen (secondary N) is 2. The molecule has 0 radical (unpaired) electrons. The summed E-state index contributed by atoms with van der Waals surface area (Å²) in [6.07, 6.45) is 0.861. The highest BCUT2D eigenvalue weighted by atomic mass is 32.1. The Labute approximate surface area is 209 Å². The number of hydrogen-bond donors (Lipinski definition) is 3. The Balaban J connectivity index is 1.51. The number of carbonyl (C=O) groups is 2. The third-order valence-corrected chi connectivity index (χ3v) is 6.65. The minimum Gasteiger partial charge on any atom is -0.493 e. The molecule has 0 saturated heterocycles. The molecule has 1 atom stereocenters. The smallest absolute Gasteiger partial charge is 0.357 e. The number of aromatic nitrogens is 3. The lowest BCUT2D eigenvalue weighted by atomic mass is 10.0. The van der Waals surface area contributed by atoms with E-state index in [2.05, 4.69) is 20.0 Å². The Morgan fingerprint density at radius 3 is 2.86 bits per heavy atom. The zero-order valence-corrected chi connectivity index (χ0v) is 20.0. The normalized spacial score (nSPS) is 13.0. The average Bonchev–Trinajstić information content (AvgIpc) is 3.61. The zero-order valence-electron chi connectivity index (χ0n) is 19.2. The Morgan fingerprint density at radius 1 is 1.28 bits per heavy atom. The van der Waals surface area contributed by atoms with Gasteiger partial charge in [-0.15, -0.1) is 11.3 Å². The van der Waals surface area contributed by atoms with Crippen molar-refractivity contribution < 1.29 is 24.2 Å². The van der Waals surface area contributed by atoms with Gasteiger partial charge in [-0.1, -0.05) is 30.3 Å². The van der Waals surface area contributed by atoms with E-state index in [-0.39, 0.29) is 28.8 Å². The molecule has 2 aromatic carbocycles. The van der Waals surface area contributed by atoms with Gasteiger partial charge < -0.3 is 24.9 Å². The molecule has 1 aliphatic rings. The number of fused-ring (bicyclic) bond motifs is 1. The van der Waals surface area contributed by atoms with Gasteiger partial charge in [-0.2, -0.15) is 0 Å². The number of thiazole rings is 1. The van der Waals surface area contributed by atoms with Crippen molar-refractivity contribution in [2.45, 2.75) is 18.9 Å². The first-order chi connectivity index (χ1) is 17.4. The van der Waals surface area contributed by atoms with Gasteiger partial charge >= 0.3 is 11.7 Å². The van der Waals surface area contributed by atoms with E-state index in [0.717, 1.165) is 39.2 Å². The minimum atomic E-state index is -1.10. The fraction of sp³-hybridized carbons (Fsp3) is 0.200. The van der Waals surface area contributed by atoms with Gasteiger partial charge in [0.25, 0.3) is 0 Å². The SMILES string of the molecule is COC(=O)c1csc(NC(=O)[C@H](Cc2ccccc2)n2c(O)c(-c3ccc4c(c3)CCO4)[nH]c2=O)n1. The van der Waals surface area contributed by atoms with Crippen LogP contribution in [0.4, 0.5) is 5.13 Å². The molecule has 3 heterocycles. The van der Waals surface area contributed by atoms with Crippen LogP contribution in [-0.2, 0) is 22.4 Å². The van der Waals surface area contributed by atoms with E-state index >= 15 is 0 Å². The summed E-state index contributed by atoms with van der Waals surface area (Å²) in [5.41, 5.74) is 2.00. The molecule has 0 fully saturated rings. The van der Waals surface area contributed by atoms with Gasteiger partial charge in [0.05, 0.1) is 13.7 Å². The van der Waals surface area contributed by atoms with Gasteiger partial charge in [-0.05, 0) is 29.3 Å². The molecule has 3 N–H and O–H groups in total. The Hall–Kier alpha value is -4.38. The summed E-state index contributed by atoms with van der Waals surface area (Å²) in [4.78, 5) is 45.0. The number of carbonyl (C=O) groups excluding carboxylic acids is 2. The predicted molar refractivity (Wildman–Crippen MR) is 133 cm³/mol. The minimum absolute atomic E-state index is 0.0574. The van der Waals surface area contributed by atoms with Crippen molar-refractivity contribution in [3.8, 4) is 22.9 Å². The number of aromatic amines is 1. The quantitative estimate of drug-likeness (QED) is 0.328. The lowest BCUT2D eigenvalue weighted by Gasteiger charge is -2.18. The monoisotopic (exact) mass is 506 g/mol. The van der Waals surface area contributed by atoms with Crippen LogP contribution in [0.2, 0.25) is 0 Å². The number of nitrogens with zero attached hydrogens (tertiary/aromatic N) is 2. The van der Waals surface area contributed by atoms with Gasteiger partial charge in [-0.3, -0.25) is 4.79 Å². The number of ether oxygens (including phenoxy) is 2. The van der Waals surface area contributed by atoms with Crippen molar-refractivity contribution in [1.29, 1.82) is 0 Å². The number of rotatable bonds is 7. The third-order valence-electron chi connectivity index (χ3n) is 5.90. The Morgan fingerprint density at radius 2 is 2.08 bits per heavy atom. The number of aromatic hydroxyl groups is 1. The molecule has 10 nitrogen and oxygen atoms in total. The van der Waals surface area contributed by atoms with E-state index in [1.54, 1.807) is 12.1 Å². The summed E-state index contributed by atoms with van der Waals surface area (Å²) < 4.78 is 11.2. The number of anilines is 1. The second-order valence-corrected chi connectivity index (χ2v) is 9.00. The van der Waals surface area contributed by atoms with Crippen LogP contribution in [-0.4, -0.2) is 45.2 Å². The molecule has 1 amide bonds. The number of amides is 1. The van der Waals surface area contributed by atoms with Crippen LogP contribution in [0, 0.1) is 0 Å². The largest absolute Gasteiger partial charge is 0.493 e. The number of H-pyrrole nitrogens is 1. The standard InChI is InChI=1S/C25H22N4O6S/c1-34-23(32)17-13-36-24(26-17)28-21(30)18(11-14-5-3-2-4-6-14)29-22(31)20(27-25(29)33)16-7-8-19-15(12-16)9-10-35-19/h2-8,12-13,18,31H,9-11H2,1H3,(H,27,33)(H,26,28,30)/t18-/m0/s1. The van der Waals surface area contributed by atoms with Crippen LogP contribution in [0.3, 0.4) is 0 Å². The fourth-order valence-corrected chi connectivity index (χ4v) is 4.81. The highest BCUT2D eigenvalue weighted by Crippen LogP contribution is 2.34. The second-order valence-electron chi connectivity index (χ2n) is 8.14. The number of imidazole rings is 1. The van der Waals surface area contributed by atoms with E-state index in [4.69, 9.17) is 4.74 Å². The molecule has 1 aliphatic heterocycles. The predicted octanol–water partition coefficient (Wildman–Crippen LogP) is 3.15. The molecule has 36 heavy (non-hydrogen) atoms. The molecular weight excluding hydrogens is 484 g/mol. The van der Waals surface area contributed by atoms with Gasteiger partial charge in [0, 0.05) is 23.8 Å². The highest BCUT2D eigenvalue weighted by Gasteiger charge is 2.29. The summed E-state index contributed by atoms with van der Waals surface area (Å²) in [5.74, 6) is -0.785. The summed E-state index contributed by atoms with van der Waals surface area (Å²) in [6.45, 7) is 0.579. The van der Waals surface area contributed by atoms with E-state index in [9.17, 15) is 19.5 Å². The number of hydrogen-bond acceptors (Lipinski definition) is 8. The number of esters is 1. The van der Waals surface area contributed by atoms with Crippen molar-refractivity contribution in [2.75, 3.05) is 19.0 Å². The summed E-state index contributed by atoms with van der Waals surface area (Å²) in [5, 5.41) is 15.4. The highest BCUT2D eigenvalue weighted by molar-refractivity contribution is 7.14. The summed E-state index contributed by atoms with van der Waals surface area (Å²) in [6, 6.07) is 13.4. The van der Waals surface area contributed by atoms with Crippen LogP contribution in [0.25, 0.3) is 11.3 Å².